The van der Waals surface area contributed by atoms with Gasteiger partial charge in [-0.3, -0.25) is 24.5 Å². The zero-order valence-electron chi connectivity index (χ0n) is 37.4. The number of benzene rings is 4. The first-order valence-corrected chi connectivity index (χ1v) is 23.2. The van der Waals surface area contributed by atoms with E-state index >= 15 is 0 Å². The van der Waals surface area contributed by atoms with E-state index in [4.69, 9.17) is 9.47 Å². The molecule has 0 radical (unpaired) electrons. The largest absolute Gasteiger partial charge is 0.494 e. The van der Waals surface area contributed by atoms with Gasteiger partial charge in [-0.15, -0.1) is 0 Å². The van der Waals surface area contributed by atoms with Gasteiger partial charge in [0.25, 0.3) is 0 Å². The van der Waals surface area contributed by atoms with Crippen LogP contribution in [0.4, 0.5) is 23.1 Å². The number of carbonyl (C=O) groups excluding carboxylic acids is 4. The molecule has 0 bridgehead atoms. The number of nitrogens with zero attached hydrogens (tertiary/aromatic N) is 3. The second-order valence-electron chi connectivity index (χ2n) is 17.2. The van der Waals surface area contributed by atoms with Crippen LogP contribution in [-0.2, 0) is 55.4 Å². The van der Waals surface area contributed by atoms with Crippen molar-refractivity contribution >= 4 is 56.8 Å². The van der Waals surface area contributed by atoms with Crippen LogP contribution in [0.2, 0.25) is 0 Å². The highest BCUT2D eigenvalue weighted by Crippen LogP contribution is 2.33. The maximum atomic E-state index is 13.1. The molecule has 7 rings (SSSR count). The summed E-state index contributed by atoms with van der Waals surface area (Å²) < 4.78 is 40.5. The first-order valence-electron chi connectivity index (χ1n) is 21.7. The molecule has 2 aliphatic rings. The Morgan fingerprint density at radius 2 is 1.65 bits per heavy atom. The second kappa shape index (κ2) is 21.0. The number of hydrogen-bond donors (Lipinski definition) is 6. The predicted octanol–water partition coefficient (Wildman–Crippen LogP) is 5.50. The molecule has 4 amide bonds. The van der Waals surface area contributed by atoms with Gasteiger partial charge >= 0.3 is 0 Å². The van der Waals surface area contributed by atoms with E-state index in [1.807, 2.05) is 73.7 Å². The van der Waals surface area contributed by atoms with E-state index in [1.165, 1.54) is 0 Å². The van der Waals surface area contributed by atoms with Crippen molar-refractivity contribution in [2.24, 2.45) is 5.92 Å². The van der Waals surface area contributed by atoms with Crippen molar-refractivity contribution in [3.63, 3.8) is 0 Å². The molecule has 2 aliphatic heterocycles. The van der Waals surface area contributed by atoms with Gasteiger partial charge in [0.05, 0.1) is 24.6 Å². The van der Waals surface area contributed by atoms with E-state index in [-0.39, 0.29) is 42.0 Å². The molecular formula is C48H55N9O8S. The molecule has 346 valence electrons. The van der Waals surface area contributed by atoms with Crippen LogP contribution in [0.15, 0.2) is 102 Å². The van der Waals surface area contributed by atoms with Gasteiger partial charge in [0.15, 0.2) is 0 Å². The summed E-state index contributed by atoms with van der Waals surface area (Å²) in [5, 5.41) is 14.8. The van der Waals surface area contributed by atoms with Gasteiger partial charge in [-0.05, 0) is 112 Å². The monoisotopic (exact) mass is 917 g/mol. The fourth-order valence-corrected chi connectivity index (χ4v) is 8.79. The number of piperidine rings is 1. The van der Waals surface area contributed by atoms with Crippen molar-refractivity contribution in [1.29, 1.82) is 0 Å². The summed E-state index contributed by atoms with van der Waals surface area (Å²) in [6.07, 6.45) is 2.75. The highest BCUT2D eigenvalue weighted by Gasteiger charge is 2.37. The SMILES string of the molecule is Cc1cnc(Nc2ccc(OCCCNCC(=O)NCc3ccc(COc4cccc5c4CN(C(=O)C4CCC(=O)NC4=O)C5)cc3)cc2)nc1Nc1cccc(S(=O)(=O)NC(C)(C)C)c1. The quantitative estimate of drug-likeness (QED) is 0.0343. The number of anilines is 4. The van der Waals surface area contributed by atoms with Crippen molar-refractivity contribution in [2.75, 3.05) is 30.3 Å². The average Bonchev–Trinajstić information content (AvgIpc) is 3.73. The summed E-state index contributed by atoms with van der Waals surface area (Å²) in [7, 11) is -3.71. The lowest BCUT2D eigenvalue weighted by atomic mass is 9.97. The third-order valence-electron chi connectivity index (χ3n) is 10.7. The third-order valence-corrected chi connectivity index (χ3v) is 12.4. The van der Waals surface area contributed by atoms with Gasteiger partial charge in [0, 0.05) is 53.7 Å². The van der Waals surface area contributed by atoms with Crippen LogP contribution < -0.4 is 40.8 Å². The van der Waals surface area contributed by atoms with Crippen molar-refractivity contribution in [1.82, 2.24) is 35.5 Å². The standard InChI is InChI=1S/C48H55N9O8S/c1-31-25-51-47(55-44(31)52-36-9-6-10-38(24-36)66(62,63)56-48(2,3)4)53-35-16-18-37(19-17-35)64-23-7-22-49-27-43(59)50-26-32-12-14-33(15-13-32)30-65-41-11-5-8-34-28-57(29-40(34)41)46(61)39-20-21-42(58)54-45(39)60/h5-6,8-19,24-25,39,49,56H,7,20-23,26-30H2,1-4H3,(H,50,59)(H,54,58,60)(H2,51,52,53,55). The molecule has 5 aromatic rings. The van der Waals surface area contributed by atoms with Crippen LogP contribution in [0, 0.1) is 12.8 Å². The summed E-state index contributed by atoms with van der Waals surface area (Å²) in [4.78, 5) is 60.2. The van der Waals surface area contributed by atoms with E-state index in [2.05, 4.69) is 41.3 Å². The molecule has 1 unspecified atom stereocenters. The van der Waals surface area contributed by atoms with Crippen LogP contribution in [0.1, 0.15) is 67.9 Å². The van der Waals surface area contributed by atoms with Crippen LogP contribution in [0.25, 0.3) is 0 Å². The normalized spacial score (nSPS) is 14.8. The molecule has 1 aromatic heterocycles. The van der Waals surface area contributed by atoms with Gasteiger partial charge in [-0.2, -0.15) is 4.98 Å². The summed E-state index contributed by atoms with van der Waals surface area (Å²) in [6.45, 7) is 9.86. The van der Waals surface area contributed by atoms with E-state index in [0.717, 1.165) is 33.5 Å². The number of rotatable bonds is 19. The van der Waals surface area contributed by atoms with Crippen LogP contribution >= 0.6 is 0 Å². The summed E-state index contributed by atoms with van der Waals surface area (Å²) in [5.74, 6) is 0.112. The average molecular weight is 918 g/mol. The molecule has 18 heteroatoms. The minimum Gasteiger partial charge on any atom is -0.494 e. The predicted molar refractivity (Wildman–Crippen MR) is 248 cm³/mol. The zero-order valence-corrected chi connectivity index (χ0v) is 38.2. The molecule has 0 aliphatic carbocycles. The molecule has 0 saturated carbocycles. The number of amides is 4. The Hall–Kier alpha value is -6.89. The number of sulfonamides is 1. The Labute approximate surface area is 384 Å². The second-order valence-corrected chi connectivity index (χ2v) is 18.9. The number of fused-ring (bicyclic) bond motifs is 1. The van der Waals surface area contributed by atoms with E-state index in [1.54, 1.807) is 56.1 Å². The van der Waals surface area contributed by atoms with Crippen molar-refractivity contribution in [3.8, 4) is 11.5 Å². The number of carbonyl (C=O) groups is 4. The molecule has 66 heavy (non-hydrogen) atoms. The van der Waals surface area contributed by atoms with Crippen LogP contribution in [0.3, 0.4) is 0 Å². The molecule has 1 saturated heterocycles. The first kappa shape index (κ1) is 47.1. The molecule has 0 spiro atoms. The fraction of sp³-hybridized carbons (Fsp3) is 0.333. The molecule has 17 nitrogen and oxygen atoms in total. The number of ether oxygens (including phenoxy) is 2. The molecule has 3 heterocycles. The van der Waals surface area contributed by atoms with E-state index in [0.29, 0.717) is 74.8 Å². The molecule has 6 N–H and O–H groups in total. The minimum absolute atomic E-state index is 0.122. The number of aryl methyl sites for hydroxylation is 1. The topological polar surface area (TPSA) is 222 Å². The Kier molecular flexibility index (Phi) is 14.9. The first-order chi connectivity index (χ1) is 31.6. The van der Waals surface area contributed by atoms with Gasteiger partial charge in [0.2, 0.25) is 39.6 Å². The van der Waals surface area contributed by atoms with Gasteiger partial charge in [-0.25, -0.2) is 18.1 Å². The van der Waals surface area contributed by atoms with Crippen molar-refractivity contribution < 1.29 is 37.1 Å². The molecule has 1 atom stereocenters. The highest BCUT2D eigenvalue weighted by molar-refractivity contribution is 7.89. The van der Waals surface area contributed by atoms with E-state index in [9.17, 15) is 27.6 Å². The lowest BCUT2D eigenvalue weighted by Gasteiger charge is -2.25. The smallest absolute Gasteiger partial charge is 0.241 e. The van der Waals surface area contributed by atoms with E-state index < -0.39 is 27.4 Å². The van der Waals surface area contributed by atoms with Crippen molar-refractivity contribution in [2.45, 2.75) is 83.6 Å². The Morgan fingerprint density at radius 1 is 0.894 bits per heavy atom. The fourth-order valence-electron chi connectivity index (χ4n) is 7.33. The number of nitrogens with one attached hydrogen (secondary N) is 6. The number of aromatic nitrogens is 2. The van der Waals surface area contributed by atoms with Gasteiger partial charge in [-0.1, -0.05) is 42.5 Å². The highest BCUT2D eigenvalue weighted by atomic mass is 32.2. The molecule has 1 fully saturated rings. The van der Waals surface area contributed by atoms with Crippen LogP contribution in [-0.4, -0.2) is 72.1 Å². The maximum Gasteiger partial charge on any atom is 0.241 e. The molecule has 4 aromatic carbocycles. The van der Waals surface area contributed by atoms with Crippen LogP contribution in [0.5, 0.6) is 11.5 Å². The minimum atomic E-state index is -3.71. The Bertz CT molecular complexity index is 2670. The third kappa shape index (κ3) is 12.9. The summed E-state index contributed by atoms with van der Waals surface area (Å²) >= 11 is 0. The zero-order chi connectivity index (χ0) is 46.8. The Balaban J connectivity index is 0.773. The van der Waals surface area contributed by atoms with Crippen molar-refractivity contribution in [3.05, 3.63) is 125 Å². The van der Waals surface area contributed by atoms with Gasteiger partial charge in [0.1, 0.15) is 29.8 Å². The summed E-state index contributed by atoms with van der Waals surface area (Å²) in [5.41, 5.74) is 5.24. The lowest BCUT2D eigenvalue weighted by molar-refractivity contribution is -0.146. The number of imide groups is 1. The lowest BCUT2D eigenvalue weighted by Crippen LogP contribution is -2.47. The van der Waals surface area contributed by atoms with Gasteiger partial charge < -0.3 is 35.6 Å². The maximum absolute atomic E-state index is 13.1. The summed E-state index contributed by atoms with van der Waals surface area (Å²) in [6, 6.07) is 27.4. The Morgan fingerprint density at radius 3 is 2.41 bits per heavy atom. The molecular weight excluding hydrogens is 863 g/mol. The number of hydrogen-bond acceptors (Lipinski definition) is 13.